The number of halogens is 2. The van der Waals surface area contributed by atoms with Gasteiger partial charge in [-0.3, -0.25) is 10.1 Å². The van der Waals surface area contributed by atoms with Crippen LogP contribution in [0.2, 0.25) is 0 Å². The van der Waals surface area contributed by atoms with Gasteiger partial charge in [-0.05, 0) is 45.0 Å². The number of rotatable bonds is 4. The summed E-state index contributed by atoms with van der Waals surface area (Å²) in [6, 6.07) is 3.35. The van der Waals surface area contributed by atoms with E-state index in [4.69, 9.17) is 0 Å². The number of nitrogens with zero attached hydrogens (tertiary/aromatic N) is 3. The van der Waals surface area contributed by atoms with Crippen molar-refractivity contribution in [3.63, 3.8) is 0 Å². The summed E-state index contributed by atoms with van der Waals surface area (Å²) < 4.78 is 29.2. The molecule has 0 radical (unpaired) electrons. The molecule has 1 saturated heterocycles. The molecule has 1 aliphatic rings. The minimum Gasteiger partial charge on any atom is -0.317 e. The van der Waals surface area contributed by atoms with Crippen molar-refractivity contribution in [2.75, 3.05) is 18.4 Å². The fraction of sp³-hybridized carbons (Fsp3) is 0.316. The van der Waals surface area contributed by atoms with Crippen molar-refractivity contribution in [2.24, 2.45) is 0 Å². The second kappa shape index (κ2) is 7.76. The van der Waals surface area contributed by atoms with Gasteiger partial charge in [-0.1, -0.05) is 0 Å². The average Bonchev–Trinajstić information content (AvgIpc) is 3.29. The van der Waals surface area contributed by atoms with Gasteiger partial charge >= 0.3 is 0 Å². The van der Waals surface area contributed by atoms with E-state index in [-0.39, 0.29) is 17.5 Å². The molecule has 4 rings (SSSR count). The highest BCUT2D eigenvalue weighted by atomic mass is 32.1. The molecule has 0 aliphatic carbocycles. The number of amides is 1. The highest BCUT2D eigenvalue weighted by Gasteiger charge is 2.28. The van der Waals surface area contributed by atoms with E-state index in [1.54, 1.807) is 0 Å². The molecule has 2 aromatic heterocycles. The second-order valence-corrected chi connectivity index (χ2v) is 7.58. The first-order valence-corrected chi connectivity index (χ1v) is 9.88. The Morgan fingerprint density at radius 1 is 1.32 bits per heavy atom. The van der Waals surface area contributed by atoms with Gasteiger partial charge in [0.15, 0.2) is 10.9 Å². The van der Waals surface area contributed by atoms with Gasteiger partial charge in [0, 0.05) is 17.4 Å². The molecule has 3 heterocycles. The SMILES string of the molecule is Cc1csc(NC(=O)c2cnn(-c3ccc(F)cc3F)c2C2CCNCC2)n1. The summed E-state index contributed by atoms with van der Waals surface area (Å²) in [6.07, 6.45) is 3.03. The number of thiazole rings is 1. The normalized spacial score (nSPS) is 15.0. The van der Waals surface area contributed by atoms with E-state index in [1.165, 1.54) is 34.3 Å². The number of nitrogens with one attached hydrogen (secondary N) is 2. The number of benzene rings is 1. The Hall–Kier alpha value is -2.65. The van der Waals surface area contributed by atoms with Crippen LogP contribution in [-0.4, -0.2) is 33.8 Å². The lowest BCUT2D eigenvalue weighted by atomic mass is 9.91. The molecule has 0 spiro atoms. The Morgan fingerprint density at radius 3 is 2.79 bits per heavy atom. The third kappa shape index (κ3) is 3.67. The molecule has 3 aromatic rings. The van der Waals surface area contributed by atoms with Crippen LogP contribution in [0.25, 0.3) is 5.69 Å². The van der Waals surface area contributed by atoms with E-state index in [2.05, 4.69) is 20.7 Å². The lowest BCUT2D eigenvalue weighted by Gasteiger charge is -2.24. The summed E-state index contributed by atoms with van der Waals surface area (Å²) in [6.45, 7) is 3.45. The minimum atomic E-state index is -0.721. The zero-order chi connectivity index (χ0) is 19.7. The Morgan fingerprint density at radius 2 is 2.11 bits per heavy atom. The summed E-state index contributed by atoms with van der Waals surface area (Å²) in [5.74, 6) is -1.68. The van der Waals surface area contributed by atoms with Crippen molar-refractivity contribution in [1.82, 2.24) is 20.1 Å². The number of hydrogen-bond acceptors (Lipinski definition) is 5. The molecule has 0 unspecified atom stereocenters. The van der Waals surface area contributed by atoms with Gasteiger partial charge in [0.2, 0.25) is 0 Å². The molecule has 146 valence electrons. The maximum Gasteiger partial charge on any atom is 0.260 e. The molecule has 1 fully saturated rings. The van der Waals surface area contributed by atoms with Gasteiger partial charge in [0.1, 0.15) is 11.5 Å². The fourth-order valence-corrected chi connectivity index (χ4v) is 4.13. The Balaban J connectivity index is 1.75. The fourth-order valence-electron chi connectivity index (χ4n) is 3.44. The first-order chi connectivity index (χ1) is 13.5. The van der Waals surface area contributed by atoms with Crippen LogP contribution < -0.4 is 10.6 Å². The molecular weight excluding hydrogens is 384 g/mol. The van der Waals surface area contributed by atoms with Crippen LogP contribution in [0.3, 0.4) is 0 Å². The van der Waals surface area contributed by atoms with E-state index in [1.807, 2.05) is 12.3 Å². The molecule has 1 amide bonds. The summed E-state index contributed by atoms with van der Waals surface area (Å²) >= 11 is 1.34. The molecule has 2 N–H and O–H groups in total. The van der Waals surface area contributed by atoms with Crippen LogP contribution >= 0.6 is 11.3 Å². The molecule has 6 nitrogen and oxygen atoms in total. The Bertz CT molecular complexity index is 1010. The average molecular weight is 403 g/mol. The largest absolute Gasteiger partial charge is 0.317 e. The van der Waals surface area contributed by atoms with Gasteiger partial charge in [0.05, 0.1) is 23.1 Å². The monoisotopic (exact) mass is 403 g/mol. The van der Waals surface area contributed by atoms with E-state index in [9.17, 15) is 13.6 Å². The van der Waals surface area contributed by atoms with Crippen molar-refractivity contribution < 1.29 is 13.6 Å². The Kier molecular flexibility index (Phi) is 5.19. The summed E-state index contributed by atoms with van der Waals surface area (Å²) in [5.41, 5.74) is 1.96. The molecule has 0 bridgehead atoms. The number of carbonyl (C=O) groups is 1. The minimum absolute atomic E-state index is 0.0342. The topological polar surface area (TPSA) is 71.8 Å². The van der Waals surface area contributed by atoms with Crippen molar-refractivity contribution in [2.45, 2.75) is 25.7 Å². The number of hydrogen-bond donors (Lipinski definition) is 2. The lowest BCUT2D eigenvalue weighted by molar-refractivity contribution is 0.102. The van der Waals surface area contributed by atoms with Crippen LogP contribution in [0.5, 0.6) is 0 Å². The number of aromatic nitrogens is 3. The predicted octanol–water partition coefficient (Wildman–Crippen LogP) is 3.63. The molecular formula is C19H19F2N5OS. The predicted molar refractivity (Wildman–Crippen MR) is 103 cm³/mol. The Labute approximate surface area is 164 Å². The maximum atomic E-state index is 14.4. The number of anilines is 1. The molecule has 9 heteroatoms. The highest BCUT2D eigenvalue weighted by Crippen LogP contribution is 2.31. The van der Waals surface area contributed by atoms with E-state index >= 15 is 0 Å². The lowest BCUT2D eigenvalue weighted by Crippen LogP contribution is -2.29. The van der Waals surface area contributed by atoms with Gasteiger partial charge in [0.25, 0.3) is 5.91 Å². The van der Waals surface area contributed by atoms with Crippen molar-refractivity contribution in [3.05, 3.63) is 58.4 Å². The number of carbonyl (C=O) groups excluding carboxylic acids is 1. The van der Waals surface area contributed by atoms with Crippen LogP contribution in [0, 0.1) is 18.6 Å². The maximum absolute atomic E-state index is 14.4. The van der Waals surface area contributed by atoms with Crippen molar-refractivity contribution in [3.8, 4) is 5.69 Å². The molecule has 0 saturated carbocycles. The van der Waals surface area contributed by atoms with Crippen LogP contribution in [-0.2, 0) is 0 Å². The van der Waals surface area contributed by atoms with E-state index < -0.39 is 11.6 Å². The first kappa shape index (κ1) is 18.7. The standard InChI is InChI=1S/C19H19F2N5OS/c1-11-10-28-19(24-11)25-18(27)14-9-23-26(16-3-2-13(20)8-15(16)21)17(14)12-4-6-22-7-5-12/h2-3,8-10,12,22H,4-7H2,1H3,(H,24,25,27). The number of piperidine rings is 1. The molecule has 1 aromatic carbocycles. The summed E-state index contributed by atoms with van der Waals surface area (Å²) in [7, 11) is 0. The number of aryl methyl sites for hydroxylation is 1. The van der Waals surface area contributed by atoms with Crippen molar-refractivity contribution in [1.29, 1.82) is 0 Å². The summed E-state index contributed by atoms with van der Waals surface area (Å²) in [5, 5.41) is 12.7. The van der Waals surface area contributed by atoms with E-state index in [0.29, 0.717) is 16.4 Å². The van der Waals surface area contributed by atoms with Crippen LogP contribution in [0.1, 0.15) is 40.5 Å². The molecule has 0 atom stereocenters. The van der Waals surface area contributed by atoms with Crippen LogP contribution in [0.4, 0.5) is 13.9 Å². The molecule has 1 aliphatic heterocycles. The summed E-state index contributed by atoms with van der Waals surface area (Å²) in [4.78, 5) is 17.2. The third-order valence-corrected chi connectivity index (χ3v) is 5.63. The third-order valence-electron chi connectivity index (χ3n) is 4.75. The van der Waals surface area contributed by atoms with Gasteiger partial charge < -0.3 is 5.32 Å². The molecule has 28 heavy (non-hydrogen) atoms. The zero-order valence-corrected chi connectivity index (χ0v) is 16.0. The smallest absolute Gasteiger partial charge is 0.260 e. The van der Waals surface area contributed by atoms with Crippen LogP contribution in [0.15, 0.2) is 29.8 Å². The first-order valence-electron chi connectivity index (χ1n) is 9.00. The highest BCUT2D eigenvalue weighted by molar-refractivity contribution is 7.13. The van der Waals surface area contributed by atoms with Gasteiger partial charge in [-0.15, -0.1) is 11.3 Å². The van der Waals surface area contributed by atoms with Gasteiger partial charge in [-0.2, -0.15) is 5.10 Å². The zero-order valence-electron chi connectivity index (χ0n) is 15.2. The van der Waals surface area contributed by atoms with E-state index in [0.717, 1.165) is 37.7 Å². The second-order valence-electron chi connectivity index (χ2n) is 6.72. The van der Waals surface area contributed by atoms with Crippen molar-refractivity contribution >= 4 is 22.4 Å². The van der Waals surface area contributed by atoms with Gasteiger partial charge in [-0.25, -0.2) is 18.4 Å². The quantitative estimate of drug-likeness (QED) is 0.698.